The number of imide groups is 1. The SMILES string of the molecule is O=C(O)N1CCN(c2nc(CCCN[C@@H]3C[C@H]3c3ccccc3)cn(Cc3ccccc3)c2=O)CC1=O. The lowest BCUT2D eigenvalue weighted by Gasteiger charge is -2.32. The molecule has 1 aliphatic carbocycles. The Hall–Kier alpha value is -3.98. The van der Waals surface area contributed by atoms with Gasteiger partial charge in [-0.1, -0.05) is 60.7 Å². The minimum Gasteiger partial charge on any atom is -0.465 e. The summed E-state index contributed by atoms with van der Waals surface area (Å²) >= 11 is 0. The summed E-state index contributed by atoms with van der Waals surface area (Å²) in [5.74, 6) is 0.216. The van der Waals surface area contributed by atoms with Crippen LogP contribution in [0.3, 0.4) is 0 Å². The summed E-state index contributed by atoms with van der Waals surface area (Å²) in [5.41, 5.74) is 2.85. The average Bonchev–Trinajstić information content (AvgIpc) is 3.69. The highest BCUT2D eigenvalue weighted by Gasteiger charge is 2.37. The van der Waals surface area contributed by atoms with Crippen LogP contribution in [0.5, 0.6) is 0 Å². The lowest BCUT2D eigenvalue weighted by Crippen LogP contribution is -2.53. The number of carboxylic acid groups (broad SMARTS) is 1. The summed E-state index contributed by atoms with van der Waals surface area (Å²) in [5, 5.41) is 12.8. The first-order valence-corrected chi connectivity index (χ1v) is 12.7. The highest BCUT2D eigenvalue weighted by molar-refractivity contribution is 5.94. The van der Waals surface area contributed by atoms with Gasteiger partial charge in [0, 0.05) is 31.2 Å². The van der Waals surface area contributed by atoms with Crippen LogP contribution in [0.15, 0.2) is 71.7 Å². The Balaban J connectivity index is 1.27. The molecule has 2 N–H and O–H groups in total. The van der Waals surface area contributed by atoms with Gasteiger partial charge in [0.25, 0.3) is 11.5 Å². The molecule has 9 nitrogen and oxygen atoms in total. The Morgan fingerprint density at radius 3 is 2.46 bits per heavy atom. The number of benzene rings is 2. The number of aryl methyl sites for hydroxylation is 1. The monoisotopic (exact) mass is 501 g/mol. The third-order valence-electron chi connectivity index (χ3n) is 6.99. The van der Waals surface area contributed by atoms with Crippen LogP contribution in [0.2, 0.25) is 0 Å². The minimum absolute atomic E-state index is 0.00604. The number of amides is 2. The molecule has 2 amide bonds. The number of nitrogens with one attached hydrogen (secondary N) is 1. The van der Waals surface area contributed by atoms with Gasteiger partial charge in [0.2, 0.25) is 0 Å². The summed E-state index contributed by atoms with van der Waals surface area (Å²) in [4.78, 5) is 44.0. The predicted octanol–water partition coefficient (Wildman–Crippen LogP) is 2.70. The molecule has 1 saturated carbocycles. The van der Waals surface area contributed by atoms with E-state index in [1.54, 1.807) is 15.7 Å². The van der Waals surface area contributed by atoms with E-state index in [2.05, 4.69) is 34.6 Å². The molecule has 1 aliphatic heterocycles. The minimum atomic E-state index is -1.27. The molecular formula is C28H31N5O4. The third kappa shape index (κ3) is 5.89. The maximum atomic E-state index is 13.4. The smallest absolute Gasteiger partial charge is 0.414 e. The molecule has 2 aliphatic rings. The van der Waals surface area contributed by atoms with Gasteiger partial charge in [0.1, 0.15) is 0 Å². The molecule has 37 heavy (non-hydrogen) atoms. The molecule has 2 fully saturated rings. The Bertz CT molecular complexity index is 1310. The van der Waals surface area contributed by atoms with Crippen molar-refractivity contribution in [2.75, 3.05) is 31.1 Å². The first-order valence-electron chi connectivity index (χ1n) is 12.7. The van der Waals surface area contributed by atoms with Crippen LogP contribution in [0.25, 0.3) is 0 Å². The molecule has 5 rings (SSSR count). The summed E-state index contributed by atoms with van der Waals surface area (Å²) < 4.78 is 1.64. The van der Waals surface area contributed by atoms with Gasteiger partial charge in [0.05, 0.1) is 18.8 Å². The van der Waals surface area contributed by atoms with Crippen molar-refractivity contribution in [2.45, 2.75) is 37.8 Å². The van der Waals surface area contributed by atoms with E-state index in [1.807, 2.05) is 36.4 Å². The first-order chi connectivity index (χ1) is 18.0. The van der Waals surface area contributed by atoms with Crippen LogP contribution in [0, 0.1) is 0 Å². The van der Waals surface area contributed by atoms with Gasteiger partial charge in [0.15, 0.2) is 5.82 Å². The summed E-state index contributed by atoms with van der Waals surface area (Å²) in [6.07, 6.45) is 3.22. The van der Waals surface area contributed by atoms with Gasteiger partial charge in [-0.05, 0) is 36.9 Å². The first kappa shape index (κ1) is 24.7. The molecule has 9 heteroatoms. The number of rotatable bonds is 9. The van der Waals surface area contributed by atoms with Crippen molar-refractivity contribution in [1.29, 1.82) is 0 Å². The fraction of sp³-hybridized carbons (Fsp3) is 0.357. The Morgan fingerprint density at radius 1 is 1.03 bits per heavy atom. The van der Waals surface area contributed by atoms with E-state index in [0.29, 0.717) is 24.9 Å². The van der Waals surface area contributed by atoms with Crippen molar-refractivity contribution in [3.63, 3.8) is 0 Å². The van der Waals surface area contributed by atoms with E-state index in [1.165, 1.54) is 5.56 Å². The maximum absolute atomic E-state index is 13.4. The molecule has 0 bridgehead atoms. The molecule has 1 aromatic heterocycles. The van der Waals surface area contributed by atoms with Crippen LogP contribution in [-0.4, -0.2) is 63.8 Å². The predicted molar refractivity (Wildman–Crippen MR) is 140 cm³/mol. The summed E-state index contributed by atoms with van der Waals surface area (Å²) in [6, 6.07) is 20.7. The number of hydrogen-bond donors (Lipinski definition) is 2. The molecule has 192 valence electrons. The van der Waals surface area contributed by atoms with Gasteiger partial charge in [-0.25, -0.2) is 14.7 Å². The maximum Gasteiger partial charge on any atom is 0.414 e. The molecule has 2 heterocycles. The number of carbonyl (C=O) groups is 2. The second-order valence-electron chi connectivity index (χ2n) is 9.64. The van der Waals surface area contributed by atoms with Gasteiger partial charge < -0.3 is 19.9 Å². The van der Waals surface area contributed by atoms with Crippen molar-refractivity contribution in [3.05, 3.63) is 94.0 Å². The Labute approximate surface area is 215 Å². The van der Waals surface area contributed by atoms with E-state index in [0.717, 1.165) is 35.5 Å². The zero-order valence-corrected chi connectivity index (χ0v) is 20.6. The number of nitrogens with zero attached hydrogens (tertiary/aromatic N) is 4. The second kappa shape index (κ2) is 11.0. The van der Waals surface area contributed by atoms with E-state index < -0.39 is 12.0 Å². The Morgan fingerprint density at radius 2 is 1.76 bits per heavy atom. The van der Waals surface area contributed by atoms with E-state index in [9.17, 15) is 19.5 Å². The number of anilines is 1. The zero-order chi connectivity index (χ0) is 25.8. The molecule has 0 spiro atoms. The molecule has 0 unspecified atom stereocenters. The largest absolute Gasteiger partial charge is 0.465 e. The van der Waals surface area contributed by atoms with Crippen LogP contribution in [0.1, 0.15) is 35.6 Å². The fourth-order valence-electron chi connectivity index (χ4n) is 4.91. The topological polar surface area (TPSA) is 108 Å². The van der Waals surface area contributed by atoms with Crippen LogP contribution >= 0.6 is 0 Å². The highest BCUT2D eigenvalue weighted by atomic mass is 16.4. The van der Waals surface area contributed by atoms with Crippen molar-refractivity contribution < 1.29 is 14.7 Å². The van der Waals surface area contributed by atoms with Crippen LogP contribution in [-0.2, 0) is 17.8 Å². The zero-order valence-electron chi connectivity index (χ0n) is 20.6. The standard InChI is InChI=1S/C28H31N5O4/c34-25-19-31(14-15-33(25)28(36)37)26-27(35)32(17-20-8-3-1-4-9-20)18-22(30-26)12-7-13-29-24-16-23(24)21-10-5-2-6-11-21/h1-6,8-11,18,23-24,29H,7,12-17,19H2,(H,36,37)/t23-,24+/m0/s1. The second-order valence-corrected chi connectivity index (χ2v) is 9.64. The molecule has 2 aromatic carbocycles. The summed E-state index contributed by atoms with van der Waals surface area (Å²) in [6.45, 7) is 1.29. The Kier molecular flexibility index (Phi) is 7.32. The van der Waals surface area contributed by atoms with Crippen molar-refractivity contribution in [3.8, 4) is 0 Å². The van der Waals surface area contributed by atoms with Crippen LogP contribution < -0.4 is 15.8 Å². The molecule has 3 aromatic rings. The summed E-state index contributed by atoms with van der Waals surface area (Å²) in [7, 11) is 0. The van der Waals surface area contributed by atoms with Gasteiger partial charge >= 0.3 is 6.09 Å². The van der Waals surface area contributed by atoms with E-state index in [-0.39, 0.29) is 31.0 Å². The molecular weight excluding hydrogens is 470 g/mol. The van der Waals surface area contributed by atoms with E-state index in [4.69, 9.17) is 0 Å². The number of piperazine rings is 1. The number of carbonyl (C=O) groups excluding carboxylic acids is 1. The van der Waals surface area contributed by atoms with Crippen molar-refractivity contribution in [1.82, 2.24) is 19.8 Å². The quantitative estimate of drug-likeness (QED) is 0.434. The van der Waals surface area contributed by atoms with Crippen LogP contribution in [0.4, 0.5) is 10.6 Å². The fourth-order valence-corrected chi connectivity index (χ4v) is 4.91. The lowest BCUT2D eigenvalue weighted by molar-refractivity contribution is -0.128. The highest BCUT2D eigenvalue weighted by Crippen LogP contribution is 2.40. The molecule has 1 saturated heterocycles. The molecule has 2 atom stereocenters. The van der Waals surface area contributed by atoms with Gasteiger partial charge in [-0.3, -0.25) is 9.59 Å². The average molecular weight is 502 g/mol. The van der Waals surface area contributed by atoms with Crippen molar-refractivity contribution >= 4 is 17.8 Å². The molecule has 0 radical (unpaired) electrons. The lowest BCUT2D eigenvalue weighted by atomic mass is 10.1. The third-order valence-corrected chi connectivity index (χ3v) is 6.99. The number of hydrogen-bond acceptors (Lipinski definition) is 6. The van der Waals surface area contributed by atoms with Gasteiger partial charge in [-0.2, -0.15) is 0 Å². The number of aromatic nitrogens is 2. The van der Waals surface area contributed by atoms with Gasteiger partial charge in [-0.15, -0.1) is 0 Å². The van der Waals surface area contributed by atoms with E-state index >= 15 is 0 Å². The van der Waals surface area contributed by atoms with Crippen molar-refractivity contribution in [2.24, 2.45) is 0 Å². The normalized spacial score (nSPS) is 19.2.